The predicted octanol–water partition coefficient (Wildman–Crippen LogP) is 3.55. The molecule has 0 saturated heterocycles. The normalized spacial score (nSPS) is 11.4. The zero-order chi connectivity index (χ0) is 21.6. The summed E-state index contributed by atoms with van der Waals surface area (Å²) in [7, 11) is -0.470. The molecule has 0 aliphatic rings. The lowest BCUT2D eigenvalue weighted by molar-refractivity contribution is 0.0951. The molecular formula is C22H23N3O3S2. The van der Waals surface area contributed by atoms with E-state index in [9.17, 15) is 13.2 Å². The van der Waals surface area contributed by atoms with Crippen molar-refractivity contribution in [2.75, 3.05) is 14.1 Å². The molecule has 1 amide bonds. The second-order valence-electron chi connectivity index (χ2n) is 6.79. The van der Waals surface area contributed by atoms with Crippen molar-refractivity contribution in [1.82, 2.24) is 14.6 Å². The van der Waals surface area contributed by atoms with E-state index < -0.39 is 10.0 Å². The van der Waals surface area contributed by atoms with E-state index in [1.165, 1.54) is 18.4 Å². The van der Waals surface area contributed by atoms with Gasteiger partial charge in [0.25, 0.3) is 5.91 Å². The summed E-state index contributed by atoms with van der Waals surface area (Å²) in [6.07, 6.45) is 3.60. The van der Waals surface area contributed by atoms with Gasteiger partial charge >= 0.3 is 0 Å². The average molecular weight is 442 g/mol. The first-order valence-corrected chi connectivity index (χ1v) is 11.7. The Kier molecular flexibility index (Phi) is 7.25. The fraction of sp³-hybridized carbons (Fsp3) is 0.182. The average Bonchev–Trinajstić information content (AvgIpc) is 2.77. The van der Waals surface area contributed by atoms with Crippen LogP contribution in [0.2, 0.25) is 0 Å². The standard InChI is InChI=1S/C22H23N3O3S2/c1-25(2)30(27,28)21-11-5-17(6-12-21)15-24-22(26)19-7-9-20(10-8-19)29-16-18-4-3-13-23-14-18/h3-14H,15-16H2,1-2H3,(H,24,26). The number of hydrogen-bond donors (Lipinski definition) is 1. The van der Waals surface area contributed by atoms with Crippen LogP contribution < -0.4 is 5.32 Å². The van der Waals surface area contributed by atoms with Gasteiger partial charge in [0.05, 0.1) is 4.90 Å². The van der Waals surface area contributed by atoms with Crippen LogP contribution in [-0.4, -0.2) is 37.7 Å². The molecular weight excluding hydrogens is 418 g/mol. The molecule has 3 rings (SSSR count). The number of aromatic nitrogens is 1. The lowest BCUT2D eigenvalue weighted by Crippen LogP contribution is -2.23. The van der Waals surface area contributed by atoms with Gasteiger partial charge in [-0.2, -0.15) is 0 Å². The monoisotopic (exact) mass is 441 g/mol. The first-order chi connectivity index (χ1) is 14.4. The number of carbonyl (C=O) groups excluding carboxylic acids is 1. The third-order valence-corrected chi connectivity index (χ3v) is 7.31. The van der Waals surface area contributed by atoms with Crippen LogP contribution in [0.5, 0.6) is 0 Å². The van der Waals surface area contributed by atoms with E-state index in [4.69, 9.17) is 0 Å². The van der Waals surface area contributed by atoms with E-state index in [1.54, 1.807) is 54.4 Å². The molecule has 1 aromatic heterocycles. The zero-order valence-electron chi connectivity index (χ0n) is 16.8. The maximum absolute atomic E-state index is 12.4. The molecule has 3 aromatic rings. The summed E-state index contributed by atoms with van der Waals surface area (Å²) in [5.74, 6) is 0.641. The molecule has 0 fully saturated rings. The second-order valence-corrected chi connectivity index (χ2v) is 9.99. The Morgan fingerprint density at radius 3 is 2.30 bits per heavy atom. The van der Waals surface area contributed by atoms with Crippen LogP contribution in [0.25, 0.3) is 0 Å². The van der Waals surface area contributed by atoms with Crippen molar-refractivity contribution in [3.05, 3.63) is 89.7 Å². The van der Waals surface area contributed by atoms with Gasteiger partial charge in [-0.25, -0.2) is 12.7 Å². The molecule has 30 heavy (non-hydrogen) atoms. The highest BCUT2D eigenvalue weighted by Gasteiger charge is 2.16. The molecule has 0 saturated carbocycles. The van der Waals surface area contributed by atoms with Crippen LogP contribution in [0.3, 0.4) is 0 Å². The van der Waals surface area contributed by atoms with Crippen LogP contribution in [0, 0.1) is 0 Å². The van der Waals surface area contributed by atoms with E-state index in [1.807, 2.05) is 30.5 Å². The molecule has 1 N–H and O–H groups in total. The van der Waals surface area contributed by atoms with Crippen LogP contribution in [0.1, 0.15) is 21.5 Å². The van der Waals surface area contributed by atoms with Crippen LogP contribution in [0.15, 0.2) is 82.8 Å². The van der Waals surface area contributed by atoms with E-state index in [-0.39, 0.29) is 10.8 Å². The Hall–Kier alpha value is -2.68. The summed E-state index contributed by atoms with van der Waals surface area (Å²) < 4.78 is 25.4. The molecule has 0 aliphatic heterocycles. The quantitative estimate of drug-likeness (QED) is 0.541. The molecule has 156 valence electrons. The number of amides is 1. The number of benzene rings is 2. The first kappa shape index (κ1) is 22.0. The SMILES string of the molecule is CN(C)S(=O)(=O)c1ccc(CNC(=O)c2ccc(SCc3cccnc3)cc2)cc1. The van der Waals surface area contributed by atoms with Crippen molar-refractivity contribution in [3.63, 3.8) is 0 Å². The third-order valence-electron chi connectivity index (χ3n) is 4.40. The second kappa shape index (κ2) is 9.88. The highest BCUT2D eigenvalue weighted by atomic mass is 32.2. The number of nitrogens with zero attached hydrogens (tertiary/aromatic N) is 2. The van der Waals surface area contributed by atoms with Crippen molar-refractivity contribution < 1.29 is 13.2 Å². The van der Waals surface area contributed by atoms with Crippen molar-refractivity contribution in [3.8, 4) is 0 Å². The molecule has 0 radical (unpaired) electrons. The van der Waals surface area contributed by atoms with Gasteiger partial charge in [0.1, 0.15) is 0 Å². The Morgan fingerprint density at radius 1 is 1.00 bits per heavy atom. The first-order valence-electron chi connectivity index (χ1n) is 9.28. The van der Waals surface area contributed by atoms with Crippen molar-refractivity contribution in [1.29, 1.82) is 0 Å². The predicted molar refractivity (Wildman–Crippen MR) is 119 cm³/mol. The number of pyridine rings is 1. The zero-order valence-corrected chi connectivity index (χ0v) is 18.4. The number of thioether (sulfide) groups is 1. The van der Waals surface area contributed by atoms with Crippen LogP contribution in [-0.2, 0) is 22.3 Å². The third kappa shape index (κ3) is 5.69. The lowest BCUT2D eigenvalue weighted by Gasteiger charge is -2.12. The van der Waals surface area contributed by atoms with E-state index in [2.05, 4.69) is 10.3 Å². The highest BCUT2D eigenvalue weighted by Crippen LogP contribution is 2.22. The van der Waals surface area contributed by atoms with Gasteiger partial charge < -0.3 is 5.32 Å². The Labute approximate surface area is 181 Å². The number of hydrogen-bond acceptors (Lipinski definition) is 5. The summed E-state index contributed by atoms with van der Waals surface area (Å²) in [6.45, 7) is 0.318. The molecule has 0 unspecified atom stereocenters. The number of nitrogens with one attached hydrogen (secondary N) is 1. The van der Waals surface area contributed by atoms with Gasteiger partial charge in [0.2, 0.25) is 10.0 Å². The molecule has 0 atom stereocenters. The number of sulfonamides is 1. The minimum absolute atomic E-state index is 0.177. The van der Waals surface area contributed by atoms with Gasteiger partial charge in [-0.3, -0.25) is 9.78 Å². The van der Waals surface area contributed by atoms with Gasteiger partial charge in [-0.15, -0.1) is 11.8 Å². The maximum atomic E-state index is 12.4. The van der Waals surface area contributed by atoms with E-state index in [0.29, 0.717) is 12.1 Å². The van der Waals surface area contributed by atoms with E-state index in [0.717, 1.165) is 21.8 Å². The fourth-order valence-corrected chi connectivity index (χ4v) is 4.36. The van der Waals surface area contributed by atoms with Gasteiger partial charge in [0.15, 0.2) is 0 Å². The molecule has 0 spiro atoms. The van der Waals surface area contributed by atoms with Crippen molar-refractivity contribution in [2.45, 2.75) is 22.1 Å². The Balaban J connectivity index is 1.53. The Morgan fingerprint density at radius 2 is 1.70 bits per heavy atom. The van der Waals surface area contributed by atoms with Gasteiger partial charge in [-0.05, 0) is 53.6 Å². The molecule has 8 heteroatoms. The summed E-state index contributed by atoms with van der Waals surface area (Å²) in [5.41, 5.74) is 2.55. The fourth-order valence-electron chi connectivity index (χ4n) is 2.63. The minimum atomic E-state index is -3.45. The summed E-state index contributed by atoms with van der Waals surface area (Å²) in [6, 6.07) is 17.9. The Bertz CT molecular complexity index is 1080. The summed E-state index contributed by atoms with van der Waals surface area (Å²) >= 11 is 1.69. The molecule has 0 bridgehead atoms. The number of rotatable bonds is 8. The highest BCUT2D eigenvalue weighted by molar-refractivity contribution is 7.98. The largest absolute Gasteiger partial charge is 0.348 e. The molecule has 0 aliphatic carbocycles. The van der Waals surface area contributed by atoms with Crippen LogP contribution in [0.4, 0.5) is 0 Å². The smallest absolute Gasteiger partial charge is 0.251 e. The summed E-state index contributed by atoms with van der Waals surface area (Å²) in [4.78, 5) is 17.8. The minimum Gasteiger partial charge on any atom is -0.348 e. The molecule has 1 heterocycles. The maximum Gasteiger partial charge on any atom is 0.251 e. The van der Waals surface area contributed by atoms with Crippen molar-refractivity contribution in [2.24, 2.45) is 0 Å². The lowest BCUT2D eigenvalue weighted by atomic mass is 10.2. The molecule has 6 nitrogen and oxygen atoms in total. The van der Waals surface area contributed by atoms with Gasteiger partial charge in [0, 0.05) is 49.2 Å². The van der Waals surface area contributed by atoms with Crippen molar-refractivity contribution >= 4 is 27.7 Å². The van der Waals surface area contributed by atoms with Crippen LogP contribution >= 0.6 is 11.8 Å². The van der Waals surface area contributed by atoms with E-state index >= 15 is 0 Å². The number of carbonyl (C=O) groups is 1. The topological polar surface area (TPSA) is 79.4 Å². The van der Waals surface area contributed by atoms with Gasteiger partial charge in [-0.1, -0.05) is 18.2 Å². The summed E-state index contributed by atoms with van der Waals surface area (Å²) in [5, 5.41) is 2.86. The molecule has 2 aromatic carbocycles.